The third-order valence-corrected chi connectivity index (χ3v) is 3.68. The molecule has 1 amide bonds. The van der Waals surface area contributed by atoms with Crippen LogP contribution in [0.1, 0.15) is 28.9 Å². The van der Waals surface area contributed by atoms with Gasteiger partial charge in [0.05, 0.1) is 6.04 Å². The average Bonchev–Trinajstić information content (AvgIpc) is 2.61. The Morgan fingerprint density at radius 3 is 2.67 bits per heavy atom. The fourth-order valence-corrected chi connectivity index (χ4v) is 2.38. The van der Waals surface area contributed by atoms with Crippen molar-refractivity contribution in [2.24, 2.45) is 0 Å². The molecule has 0 saturated heterocycles. The van der Waals surface area contributed by atoms with Crippen LogP contribution in [0.2, 0.25) is 0 Å². The molecule has 0 fully saturated rings. The predicted octanol–water partition coefficient (Wildman–Crippen LogP) is 3.65. The van der Waals surface area contributed by atoms with Crippen LogP contribution in [0.4, 0.5) is 5.69 Å². The molecule has 1 atom stereocenters. The largest absolute Gasteiger partial charge is 0.359 e. The van der Waals surface area contributed by atoms with E-state index in [2.05, 4.69) is 22.5 Å². The maximum absolute atomic E-state index is 12.4. The van der Waals surface area contributed by atoms with Crippen molar-refractivity contribution < 1.29 is 4.79 Å². The molecule has 0 heterocycles. The van der Waals surface area contributed by atoms with Gasteiger partial charge in [0.2, 0.25) is 0 Å². The van der Waals surface area contributed by atoms with Crippen molar-refractivity contribution in [2.45, 2.75) is 13.0 Å². The van der Waals surface area contributed by atoms with Crippen molar-refractivity contribution in [3.63, 3.8) is 0 Å². The van der Waals surface area contributed by atoms with E-state index in [0.29, 0.717) is 17.2 Å². The van der Waals surface area contributed by atoms with E-state index in [1.54, 1.807) is 18.2 Å². The molecule has 1 unspecified atom stereocenters. The van der Waals surface area contributed by atoms with E-state index in [1.165, 1.54) is 0 Å². The minimum Gasteiger partial charge on any atom is -0.359 e. The third-order valence-electron chi connectivity index (χ3n) is 3.44. The van der Waals surface area contributed by atoms with Gasteiger partial charge in [0.15, 0.2) is 5.11 Å². The van der Waals surface area contributed by atoms with Gasteiger partial charge >= 0.3 is 0 Å². The van der Waals surface area contributed by atoms with Gasteiger partial charge in [0.25, 0.3) is 5.91 Å². The molecule has 2 aromatic carbocycles. The monoisotopic (exact) mass is 339 g/mol. The van der Waals surface area contributed by atoms with E-state index in [-0.39, 0.29) is 11.9 Å². The highest BCUT2D eigenvalue weighted by molar-refractivity contribution is 7.80. The number of anilines is 1. The maximum Gasteiger partial charge on any atom is 0.251 e. The Balaban J connectivity index is 2.01. The minimum absolute atomic E-state index is 0.0642. The molecule has 0 aliphatic carbocycles. The number of hydrogen-bond acceptors (Lipinski definition) is 2. The number of benzene rings is 2. The van der Waals surface area contributed by atoms with Crippen LogP contribution in [0.3, 0.4) is 0 Å². The third kappa shape index (κ3) is 5.21. The molecular weight excluding hydrogens is 318 g/mol. The summed E-state index contributed by atoms with van der Waals surface area (Å²) in [6.07, 6.45) is 1.73. The normalized spacial score (nSPS) is 11.2. The highest BCUT2D eigenvalue weighted by Crippen LogP contribution is 2.14. The first kappa shape index (κ1) is 17.7. The van der Waals surface area contributed by atoms with Gasteiger partial charge in [-0.3, -0.25) is 4.79 Å². The maximum atomic E-state index is 12.4. The van der Waals surface area contributed by atoms with E-state index in [0.717, 1.165) is 11.3 Å². The molecule has 0 aromatic heterocycles. The fourth-order valence-electron chi connectivity index (χ4n) is 2.18. The molecule has 5 heteroatoms. The van der Waals surface area contributed by atoms with Crippen LogP contribution in [-0.4, -0.2) is 17.6 Å². The minimum atomic E-state index is -0.125. The lowest BCUT2D eigenvalue weighted by molar-refractivity contribution is 0.0940. The molecule has 3 N–H and O–H groups in total. The lowest BCUT2D eigenvalue weighted by Crippen LogP contribution is -2.29. The van der Waals surface area contributed by atoms with E-state index in [9.17, 15) is 4.79 Å². The summed E-state index contributed by atoms with van der Waals surface area (Å²) in [5, 5.41) is 9.52. The second-order valence-corrected chi connectivity index (χ2v) is 5.72. The molecule has 24 heavy (non-hydrogen) atoms. The first-order chi connectivity index (χ1) is 11.6. The smallest absolute Gasteiger partial charge is 0.251 e. The number of hydrogen-bond donors (Lipinski definition) is 3. The zero-order chi connectivity index (χ0) is 17.4. The van der Waals surface area contributed by atoms with Gasteiger partial charge < -0.3 is 16.0 Å². The van der Waals surface area contributed by atoms with Gasteiger partial charge in [-0.1, -0.05) is 42.5 Å². The second-order valence-electron chi connectivity index (χ2n) is 5.31. The number of nitrogens with one attached hydrogen (secondary N) is 3. The Bertz CT molecular complexity index is 716. The molecule has 0 aliphatic rings. The first-order valence-corrected chi connectivity index (χ1v) is 8.12. The van der Waals surface area contributed by atoms with Gasteiger partial charge in [-0.25, -0.2) is 0 Å². The Hall–Kier alpha value is -2.66. The molecule has 0 aliphatic heterocycles. The van der Waals surface area contributed by atoms with Gasteiger partial charge in [-0.15, -0.1) is 6.58 Å². The van der Waals surface area contributed by atoms with Crippen molar-refractivity contribution in [3.8, 4) is 0 Å². The van der Waals surface area contributed by atoms with Crippen LogP contribution in [0.15, 0.2) is 67.3 Å². The van der Waals surface area contributed by atoms with Gasteiger partial charge in [0, 0.05) is 17.8 Å². The standard InChI is InChI=1S/C19H21N3OS/c1-3-12-20-19(24)22-17-11-7-10-16(13-17)18(23)21-14(2)15-8-5-4-6-9-15/h3-11,13-14H,1,12H2,2H3,(H,21,23)(H2,20,22,24). The first-order valence-electron chi connectivity index (χ1n) is 7.72. The van der Waals surface area contributed by atoms with Gasteiger partial charge in [-0.2, -0.15) is 0 Å². The Labute approximate surface area is 148 Å². The van der Waals surface area contributed by atoms with Crippen LogP contribution in [-0.2, 0) is 0 Å². The summed E-state index contributed by atoms with van der Waals surface area (Å²) in [5.41, 5.74) is 2.40. The van der Waals surface area contributed by atoms with Crippen LogP contribution >= 0.6 is 12.2 Å². The summed E-state index contributed by atoms with van der Waals surface area (Å²) >= 11 is 5.17. The summed E-state index contributed by atoms with van der Waals surface area (Å²) in [6.45, 7) is 6.17. The zero-order valence-corrected chi connectivity index (χ0v) is 14.4. The van der Waals surface area contributed by atoms with E-state index >= 15 is 0 Å². The summed E-state index contributed by atoms with van der Waals surface area (Å²) in [4.78, 5) is 12.4. The van der Waals surface area contributed by atoms with Crippen LogP contribution in [0.5, 0.6) is 0 Å². The van der Waals surface area contributed by atoms with Crippen molar-refractivity contribution >= 4 is 28.9 Å². The van der Waals surface area contributed by atoms with Gasteiger partial charge in [-0.05, 0) is 42.9 Å². The van der Waals surface area contributed by atoms with Crippen LogP contribution in [0, 0.1) is 0 Å². The quantitative estimate of drug-likeness (QED) is 0.555. The average molecular weight is 339 g/mol. The fraction of sp³-hybridized carbons (Fsp3) is 0.158. The molecule has 4 nitrogen and oxygen atoms in total. The van der Waals surface area contributed by atoms with Crippen molar-refractivity contribution in [1.29, 1.82) is 0 Å². The molecule has 0 radical (unpaired) electrons. The van der Waals surface area contributed by atoms with Crippen molar-refractivity contribution in [2.75, 3.05) is 11.9 Å². The summed E-state index contributed by atoms with van der Waals surface area (Å²) < 4.78 is 0. The molecule has 0 spiro atoms. The number of rotatable bonds is 6. The number of amides is 1. The predicted molar refractivity (Wildman–Crippen MR) is 103 cm³/mol. The van der Waals surface area contributed by atoms with Gasteiger partial charge in [0.1, 0.15) is 0 Å². The Morgan fingerprint density at radius 2 is 1.96 bits per heavy atom. The Kier molecular flexibility index (Phi) is 6.51. The van der Waals surface area contributed by atoms with E-state index in [4.69, 9.17) is 12.2 Å². The molecule has 0 saturated carbocycles. The molecule has 2 aromatic rings. The lowest BCUT2D eigenvalue weighted by Gasteiger charge is -2.15. The van der Waals surface area contributed by atoms with E-state index < -0.39 is 0 Å². The number of carbonyl (C=O) groups is 1. The number of thiocarbonyl (C=S) groups is 1. The summed E-state index contributed by atoms with van der Waals surface area (Å²) in [6, 6.07) is 17.0. The molecule has 2 rings (SSSR count). The summed E-state index contributed by atoms with van der Waals surface area (Å²) in [7, 11) is 0. The topological polar surface area (TPSA) is 53.2 Å². The highest BCUT2D eigenvalue weighted by atomic mass is 32.1. The zero-order valence-electron chi connectivity index (χ0n) is 13.6. The van der Waals surface area contributed by atoms with Crippen LogP contribution in [0.25, 0.3) is 0 Å². The SMILES string of the molecule is C=CCNC(=S)Nc1cccc(C(=O)NC(C)c2ccccc2)c1. The van der Waals surface area contributed by atoms with Crippen molar-refractivity contribution in [3.05, 3.63) is 78.4 Å². The molecule has 0 bridgehead atoms. The molecule has 124 valence electrons. The summed E-state index contributed by atoms with van der Waals surface area (Å²) in [5.74, 6) is -0.125. The van der Waals surface area contributed by atoms with Crippen LogP contribution < -0.4 is 16.0 Å². The second kappa shape index (κ2) is 8.84. The molecular formula is C19H21N3OS. The van der Waals surface area contributed by atoms with Crippen molar-refractivity contribution in [1.82, 2.24) is 10.6 Å². The Morgan fingerprint density at radius 1 is 1.21 bits per heavy atom. The lowest BCUT2D eigenvalue weighted by atomic mass is 10.1. The number of carbonyl (C=O) groups excluding carboxylic acids is 1. The highest BCUT2D eigenvalue weighted by Gasteiger charge is 2.11. The van der Waals surface area contributed by atoms with E-state index in [1.807, 2.05) is 49.4 Å².